The van der Waals surface area contributed by atoms with Crippen LogP contribution in [0.15, 0.2) is 18.2 Å². The lowest BCUT2D eigenvalue weighted by atomic mass is 10.1. The fourth-order valence-electron chi connectivity index (χ4n) is 1.80. The molecule has 0 saturated heterocycles. The summed E-state index contributed by atoms with van der Waals surface area (Å²) in [6.45, 7) is 4.23. The van der Waals surface area contributed by atoms with Crippen LogP contribution in [0.3, 0.4) is 0 Å². The summed E-state index contributed by atoms with van der Waals surface area (Å²) in [5.41, 5.74) is 0.282. The van der Waals surface area contributed by atoms with Gasteiger partial charge in [0.25, 0.3) is 5.91 Å². The largest absolute Gasteiger partial charge is 0.494 e. The van der Waals surface area contributed by atoms with Crippen LogP contribution in [0.2, 0.25) is 0 Å². The molecule has 5 heteroatoms. The van der Waals surface area contributed by atoms with Gasteiger partial charge in [-0.25, -0.2) is 4.39 Å². The number of carbonyl (C=O) groups excluding carboxylic acids is 1. The van der Waals surface area contributed by atoms with Crippen LogP contribution in [-0.4, -0.2) is 42.2 Å². The quantitative estimate of drug-likeness (QED) is 0.860. The summed E-state index contributed by atoms with van der Waals surface area (Å²) in [6, 6.07) is 4.14. The van der Waals surface area contributed by atoms with Crippen molar-refractivity contribution in [2.75, 3.05) is 20.3 Å². The van der Waals surface area contributed by atoms with Crippen LogP contribution in [0.25, 0.3) is 0 Å². The van der Waals surface area contributed by atoms with E-state index in [4.69, 9.17) is 9.84 Å². The van der Waals surface area contributed by atoms with Gasteiger partial charge in [0.05, 0.1) is 7.11 Å². The van der Waals surface area contributed by atoms with E-state index in [-0.39, 0.29) is 29.9 Å². The maximum absolute atomic E-state index is 13.6. The zero-order valence-electron chi connectivity index (χ0n) is 11.5. The lowest BCUT2D eigenvalue weighted by Gasteiger charge is -2.26. The highest BCUT2D eigenvalue weighted by molar-refractivity contribution is 5.94. The average molecular weight is 269 g/mol. The lowest BCUT2D eigenvalue weighted by Crippen LogP contribution is -2.38. The summed E-state index contributed by atoms with van der Waals surface area (Å²) < 4.78 is 18.4. The number of nitrogens with zero attached hydrogens (tertiary/aromatic N) is 1. The van der Waals surface area contributed by atoms with Crippen molar-refractivity contribution in [3.8, 4) is 5.75 Å². The Kier molecular flexibility index (Phi) is 5.76. The summed E-state index contributed by atoms with van der Waals surface area (Å²) in [4.78, 5) is 13.9. The van der Waals surface area contributed by atoms with Crippen LogP contribution in [0, 0.1) is 5.82 Å². The molecule has 4 nitrogen and oxygen atoms in total. The number of ether oxygens (including phenoxy) is 1. The second-order valence-corrected chi connectivity index (χ2v) is 4.52. The molecule has 1 amide bonds. The van der Waals surface area contributed by atoms with Gasteiger partial charge in [0.15, 0.2) is 11.6 Å². The molecular weight excluding hydrogens is 249 g/mol. The van der Waals surface area contributed by atoms with E-state index in [1.165, 1.54) is 19.2 Å². The van der Waals surface area contributed by atoms with Crippen LogP contribution in [0.5, 0.6) is 5.75 Å². The Bertz CT molecular complexity index is 435. The molecule has 0 atom stereocenters. The Labute approximate surface area is 112 Å². The van der Waals surface area contributed by atoms with Gasteiger partial charge in [-0.2, -0.15) is 0 Å². The molecule has 0 aliphatic carbocycles. The maximum Gasteiger partial charge on any atom is 0.254 e. The predicted molar refractivity (Wildman–Crippen MR) is 70.8 cm³/mol. The van der Waals surface area contributed by atoms with Gasteiger partial charge in [-0.15, -0.1) is 0 Å². The second-order valence-electron chi connectivity index (χ2n) is 4.52. The standard InChI is InChI=1S/C14H20FNO3/c1-10(2)16(7-4-8-17)14(18)11-5-6-13(19-3)12(15)9-11/h5-6,9-10,17H,4,7-8H2,1-3H3. The van der Waals surface area contributed by atoms with Crippen molar-refractivity contribution >= 4 is 5.91 Å². The average Bonchev–Trinajstić information content (AvgIpc) is 2.38. The molecule has 0 aromatic heterocycles. The molecule has 19 heavy (non-hydrogen) atoms. The third-order valence-electron chi connectivity index (χ3n) is 2.84. The zero-order valence-corrected chi connectivity index (χ0v) is 11.5. The smallest absolute Gasteiger partial charge is 0.254 e. The highest BCUT2D eigenvalue weighted by Gasteiger charge is 2.19. The zero-order chi connectivity index (χ0) is 14.4. The Morgan fingerprint density at radius 1 is 1.47 bits per heavy atom. The summed E-state index contributed by atoms with van der Waals surface area (Å²) in [5.74, 6) is -0.688. The van der Waals surface area contributed by atoms with Crippen LogP contribution in [0.4, 0.5) is 4.39 Å². The summed E-state index contributed by atoms with van der Waals surface area (Å²) >= 11 is 0. The first-order valence-corrected chi connectivity index (χ1v) is 6.26. The minimum absolute atomic E-state index is 0.00999. The van der Waals surface area contributed by atoms with E-state index in [0.29, 0.717) is 13.0 Å². The molecule has 0 spiro atoms. The van der Waals surface area contributed by atoms with Gasteiger partial charge < -0.3 is 14.7 Å². The Morgan fingerprint density at radius 3 is 2.63 bits per heavy atom. The number of benzene rings is 1. The molecule has 0 unspecified atom stereocenters. The number of rotatable bonds is 6. The van der Waals surface area contributed by atoms with Gasteiger partial charge in [-0.05, 0) is 38.5 Å². The van der Waals surface area contributed by atoms with Crippen LogP contribution < -0.4 is 4.74 Å². The van der Waals surface area contributed by atoms with Gasteiger partial charge >= 0.3 is 0 Å². The number of carbonyl (C=O) groups is 1. The Morgan fingerprint density at radius 2 is 2.16 bits per heavy atom. The minimum Gasteiger partial charge on any atom is -0.494 e. The van der Waals surface area contributed by atoms with Gasteiger partial charge in [0.2, 0.25) is 0 Å². The Hall–Kier alpha value is -1.62. The number of hydrogen-bond acceptors (Lipinski definition) is 3. The molecule has 0 heterocycles. The van der Waals surface area contributed by atoms with E-state index >= 15 is 0 Å². The SMILES string of the molecule is COc1ccc(C(=O)N(CCCO)C(C)C)cc1F. The minimum atomic E-state index is -0.556. The highest BCUT2D eigenvalue weighted by atomic mass is 19.1. The van der Waals surface area contributed by atoms with Crippen molar-refractivity contribution in [2.45, 2.75) is 26.3 Å². The number of amides is 1. The second kappa shape index (κ2) is 7.09. The first-order chi connectivity index (χ1) is 9.01. The van der Waals surface area contributed by atoms with E-state index in [0.717, 1.165) is 0 Å². The van der Waals surface area contributed by atoms with Gasteiger partial charge in [-0.3, -0.25) is 4.79 Å². The van der Waals surface area contributed by atoms with Crippen molar-refractivity contribution in [1.82, 2.24) is 4.90 Å². The Balaban J connectivity index is 2.93. The van der Waals surface area contributed by atoms with Gasteiger partial charge in [0.1, 0.15) is 0 Å². The molecular formula is C14H20FNO3. The highest BCUT2D eigenvalue weighted by Crippen LogP contribution is 2.19. The van der Waals surface area contributed by atoms with E-state index in [2.05, 4.69) is 0 Å². The first-order valence-electron chi connectivity index (χ1n) is 6.26. The molecule has 0 fully saturated rings. The fraction of sp³-hybridized carbons (Fsp3) is 0.500. The number of aliphatic hydroxyl groups is 1. The van der Waals surface area contributed by atoms with Crippen molar-refractivity contribution in [3.63, 3.8) is 0 Å². The summed E-state index contributed by atoms with van der Waals surface area (Å²) in [6.07, 6.45) is 0.503. The van der Waals surface area contributed by atoms with E-state index in [1.54, 1.807) is 11.0 Å². The molecule has 0 bridgehead atoms. The van der Waals surface area contributed by atoms with E-state index in [9.17, 15) is 9.18 Å². The molecule has 0 aliphatic rings. The molecule has 1 aromatic rings. The molecule has 106 valence electrons. The number of methoxy groups -OCH3 is 1. The van der Waals surface area contributed by atoms with Crippen LogP contribution >= 0.6 is 0 Å². The number of hydrogen-bond donors (Lipinski definition) is 1. The van der Waals surface area contributed by atoms with Crippen molar-refractivity contribution in [2.24, 2.45) is 0 Å². The molecule has 1 aromatic carbocycles. The topological polar surface area (TPSA) is 49.8 Å². The van der Waals surface area contributed by atoms with Crippen molar-refractivity contribution < 1.29 is 19.0 Å². The fourth-order valence-corrected chi connectivity index (χ4v) is 1.80. The van der Waals surface area contributed by atoms with Gasteiger partial charge in [0, 0.05) is 24.8 Å². The molecule has 0 saturated carbocycles. The molecule has 1 N–H and O–H groups in total. The van der Waals surface area contributed by atoms with Crippen molar-refractivity contribution in [1.29, 1.82) is 0 Å². The normalized spacial score (nSPS) is 10.6. The van der Waals surface area contributed by atoms with Gasteiger partial charge in [-0.1, -0.05) is 0 Å². The van der Waals surface area contributed by atoms with Crippen LogP contribution in [-0.2, 0) is 0 Å². The summed E-state index contributed by atoms with van der Waals surface area (Å²) in [5, 5.41) is 8.85. The predicted octanol–water partition coefficient (Wildman–Crippen LogP) is 2.07. The molecule has 0 radical (unpaired) electrons. The van der Waals surface area contributed by atoms with Crippen molar-refractivity contribution in [3.05, 3.63) is 29.6 Å². The van der Waals surface area contributed by atoms with E-state index in [1.807, 2.05) is 13.8 Å². The third kappa shape index (κ3) is 3.92. The summed E-state index contributed by atoms with van der Waals surface area (Å²) in [7, 11) is 1.38. The number of aliphatic hydroxyl groups excluding tert-OH is 1. The molecule has 0 aliphatic heterocycles. The third-order valence-corrected chi connectivity index (χ3v) is 2.84. The molecule has 1 rings (SSSR count). The monoisotopic (exact) mass is 269 g/mol. The van der Waals surface area contributed by atoms with E-state index < -0.39 is 5.82 Å². The number of halogens is 1. The van der Waals surface area contributed by atoms with Crippen LogP contribution in [0.1, 0.15) is 30.6 Å². The maximum atomic E-state index is 13.6. The lowest BCUT2D eigenvalue weighted by molar-refractivity contribution is 0.0692. The first kappa shape index (κ1) is 15.4.